The molecule has 0 atom stereocenters. The maximum absolute atomic E-state index is 13.3. The number of aliphatic imine (C=N–C) groups is 1. The smallest absolute Gasteiger partial charge is 0.165 e. The molecule has 0 N–H and O–H groups in total. The lowest BCUT2D eigenvalue weighted by molar-refractivity contribution is 0.355. The highest BCUT2D eigenvalue weighted by molar-refractivity contribution is 5.86. The summed E-state index contributed by atoms with van der Waals surface area (Å²) in [5, 5.41) is 0. The van der Waals surface area contributed by atoms with Gasteiger partial charge in [0.15, 0.2) is 17.3 Å². The summed E-state index contributed by atoms with van der Waals surface area (Å²) in [5.41, 5.74) is 3.10. The van der Waals surface area contributed by atoms with Crippen molar-refractivity contribution in [3.05, 3.63) is 78.2 Å². The summed E-state index contributed by atoms with van der Waals surface area (Å²) in [6.45, 7) is 0. The number of hydrogen-bond donors (Lipinski definition) is 0. The minimum absolute atomic E-state index is 0.289. The highest BCUT2D eigenvalue weighted by Crippen LogP contribution is 2.32. The second kappa shape index (κ2) is 7.52. The Labute approximate surface area is 161 Å². The third-order valence-electron chi connectivity index (χ3n) is 4.37. The number of fused-ring (bicyclic) bond motifs is 1. The third kappa shape index (κ3) is 3.32. The molecular weight excluding hydrogens is 357 g/mol. The highest BCUT2D eigenvalue weighted by atomic mass is 19.1. The van der Waals surface area contributed by atoms with Crippen LogP contribution in [-0.4, -0.2) is 29.8 Å². The van der Waals surface area contributed by atoms with Gasteiger partial charge in [0.05, 0.1) is 14.2 Å². The normalized spacial score (nSPS) is 11.2. The van der Waals surface area contributed by atoms with Gasteiger partial charge in [-0.3, -0.25) is 4.40 Å². The van der Waals surface area contributed by atoms with Gasteiger partial charge in [-0.25, -0.2) is 14.4 Å². The molecule has 0 aliphatic heterocycles. The molecule has 0 saturated heterocycles. The maximum atomic E-state index is 13.3. The van der Waals surface area contributed by atoms with E-state index in [0.29, 0.717) is 23.0 Å². The molecule has 2 heterocycles. The molecule has 0 fully saturated rings. The average molecular weight is 375 g/mol. The van der Waals surface area contributed by atoms with E-state index >= 15 is 0 Å². The summed E-state index contributed by atoms with van der Waals surface area (Å²) in [4.78, 5) is 9.35. The molecule has 0 amide bonds. The van der Waals surface area contributed by atoms with Crippen molar-refractivity contribution in [2.45, 2.75) is 0 Å². The number of ether oxygens (including phenoxy) is 2. The molecule has 140 valence electrons. The van der Waals surface area contributed by atoms with Crippen LogP contribution in [0.15, 0.2) is 71.9 Å². The summed E-state index contributed by atoms with van der Waals surface area (Å²) in [5.74, 6) is 1.66. The van der Waals surface area contributed by atoms with Crippen LogP contribution < -0.4 is 9.47 Å². The van der Waals surface area contributed by atoms with E-state index in [1.165, 1.54) is 12.1 Å². The van der Waals surface area contributed by atoms with E-state index in [1.807, 2.05) is 47.0 Å². The zero-order valence-corrected chi connectivity index (χ0v) is 15.5. The average Bonchev–Trinajstić information content (AvgIpc) is 3.11. The zero-order chi connectivity index (χ0) is 19.5. The van der Waals surface area contributed by atoms with Crippen molar-refractivity contribution in [3.63, 3.8) is 0 Å². The first-order valence-electron chi connectivity index (χ1n) is 8.68. The van der Waals surface area contributed by atoms with Crippen LogP contribution in [0.3, 0.4) is 0 Å². The van der Waals surface area contributed by atoms with Gasteiger partial charge in [-0.1, -0.05) is 6.07 Å². The van der Waals surface area contributed by atoms with Crippen molar-refractivity contribution >= 4 is 17.7 Å². The molecule has 2 aromatic heterocycles. The number of methoxy groups -OCH3 is 2. The minimum Gasteiger partial charge on any atom is -0.493 e. The molecule has 0 unspecified atom stereocenters. The van der Waals surface area contributed by atoms with E-state index in [9.17, 15) is 4.39 Å². The first kappa shape index (κ1) is 17.7. The molecule has 0 radical (unpaired) electrons. The lowest BCUT2D eigenvalue weighted by Crippen LogP contribution is -1.92. The number of nitrogens with zero attached hydrogens (tertiary/aromatic N) is 3. The fraction of sp³-hybridized carbons (Fsp3) is 0.0909. The number of hydrogen-bond acceptors (Lipinski definition) is 4. The van der Waals surface area contributed by atoms with E-state index in [-0.39, 0.29) is 5.82 Å². The predicted molar refractivity (Wildman–Crippen MR) is 107 cm³/mol. The number of imidazole rings is 1. The number of rotatable bonds is 5. The predicted octanol–water partition coefficient (Wildman–Crippen LogP) is 4.91. The van der Waals surface area contributed by atoms with Gasteiger partial charge in [-0.05, 0) is 60.2 Å². The quantitative estimate of drug-likeness (QED) is 0.466. The topological polar surface area (TPSA) is 48.1 Å². The van der Waals surface area contributed by atoms with E-state index in [0.717, 1.165) is 16.8 Å². The van der Waals surface area contributed by atoms with Crippen molar-refractivity contribution in [3.8, 4) is 22.8 Å². The molecule has 5 nitrogen and oxygen atoms in total. The molecule has 0 saturated carbocycles. The summed E-state index contributed by atoms with van der Waals surface area (Å²) < 4.78 is 25.9. The monoisotopic (exact) mass is 375 g/mol. The van der Waals surface area contributed by atoms with Gasteiger partial charge in [0, 0.05) is 18.0 Å². The number of benzene rings is 2. The molecule has 4 aromatic rings. The molecule has 0 aliphatic carbocycles. The van der Waals surface area contributed by atoms with Crippen LogP contribution in [0.1, 0.15) is 5.56 Å². The van der Waals surface area contributed by atoms with Gasteiger partial charge in [-0.2, -0.15) is 0 Å². The van der Waals surface area contributed by atoms with Crippen LogP contribution in [0.2, 0.25) is 0 Å². The second-order valence-corrected chi connectivity index (χ2v) is 6.09. The number of aromatic nitrogens is 2. The van der Waals surface area contributed by atoms with Gasteiger partial charge >= 0.3 is 0 Å². The minimum atomic E-state index is -0.289. The largest absolute Gasteiger partial charge is 0.493 e. The fourth-order valence-electron chi connectivity index (χ4n) is 2.98. The third-order valence-corrected chi connectivity index (χ3v) is 4.37. The summed E-state index contributed by atoms with van der Waals surface area (Å²) >= 11 is 0. The number of pyridine rings is 1. The standard InChI is InChI=1S/C22H18FN3O2/c1-27-18-11-6-15(13-19(18)28-2)14-24-22-21(16-7-9-17(23)10-8-16)25-20-5-3-4-12-26(20)22/h3-14H,1-2H3/b24-14+. The SMILES string of the molecule is COc1ccc(/C=N/c2c(-c3ccc(F)cc3)nc3ccccn23)cc1OC. The molecular formula is C22H18FN3O2. The van der Waals surface area contributed by atoms with Crippen LogP contribution in [0.4, 0.5) is 10.2 Å². The molecule has 0 aliphatic rings. The lowest BCUT2D eigenvalue weighted by atomic mass is 10.1. The summed E-state index contributed by atoms with van der Waals surface area (Å²) in [7, 11) is 3.19. The van der Waals surface area contributed by atoms with Crippen LogP contribution in [0, 0.1) is 5.82 Å². The van der Waals surface area contributed by atoms with Crippen molar-refractivity contribution in [1.82, 2.24) is 9.38 Å². The van der Waals surface area contributed by atoms with Crippen LogP contribution in [0.5, 0.6) is 11.5 Å². The molecule has 0 bridgehead atoms. The van der Waals surface area contributed by atoms with Crippen molar-refractivity contribution in [2.75, 3.05) is 14.2 Å². The molecule has 28 heavy (non-hydrogen) atoms. The molecule has 0 spiro atoms. The zero-order valence-electron chi connectivity index (χ0n) is 15.5. The fourth-order valence-corrected chi connectivity index (χ4v) is 2.98. The highest BCUT2D eigenvalue weighted by Gasteiger charge is 2.13. The Balaban J connectivity index is 1.80. The molecule has 6 heteroatoms. The van der Waals surface area contributed by atoms with Crippen molar-refractivity contribution < 1.29 is 13.9 Å². The Morgan fingerprint density at radius 3 is 2.50 bits per heavy atom. The Morgan fingerprint density at radius 2 is 1.75 bits per heavy atom. The van der Waals surface area contributed by atoms with E-state index in [1.54, 1.807) is 32.6 Å². The maximum Gasteiger partial charge on any atom is 0.165 e. The van der Waals surface area contributed by atoms with Crippen LogP contribution in [0.25, 0.3) is 16.9 Å². The molecule has 4 rings (SSSR count). The van der Waals surface area contributed by atoms with E-state index in [4.69, 9.17) is 9.47 Å². The Bertz CT molecular complexity index is 1150. The lowest BCUT2D eigenvalue weighted by Gasteiger charge is -2.07. The summed E-state index contributed by atoms with van der Waals surface area (Å²) in [6, 6.07) is 17.5. The second-order valence-electron chi connectivity index (χ2n) is 6.09. The van der Waals surface area contributed by atoms with Gasteiger partial charge in [0.1, 0.15) is 17.2 Å². The first-order valence-corrected chi connectivity index (χ1v) is 8.68. The van der Waals surface area contributed by atoms with Crippen LogP contribution in [-0.2, 0) is 0 Å². The molecule has 2 aromatic carbocycles. The Hall–Kier alpha value is -3.67. The van der Waals surface area contributed by atoms with E-state index < -0.39 is 0 Å². The van der Waals surface area contributed by atoms with Gasteiger partial charge < -0.3 is 9.47 Å². The van der Waals surface area contributed by atoms with Gasteiger partial charge in [-0.15, -0.1) is 0 Å². The summed E-state index contributed by atoms with van der Waals surface area (Å²) in [6.07, 6.45) is 3.64. The van der Waals surface area contributed by atoms with Crippen molar-refractivity contribution in [2.24, 2.45) is 4.99 Å². The van der Waals surface area contributed by atoms with Gasteiger partial charge in [0.2, 0.25) is 0 Å². The number of halogens is 1. The van der Waals surface area contributed by atoms with Crippen molar-refractivity contribution in [1.29, 1.82) is 0 Å². The van der Waals surface area contributed by atoms with E-state index in [2.05, 4.69) is 9.98 Å². The Kier molecular flexibility index (Phi) is 4.76. The first-order chi connectivity index (χ1) is 13.7. The van der Waals surface area contributed by atoms with Gasteiger partial charge in [0.25, 0.3) is 0 Å². The van der Waals surface area contributed by atoms with Crippen LogP contribution >= 0.6 is 0 Å². The Morgan fingerprint density at radius 1 is 0.964 bits per heavy atom.